The lowest BCUT2D eigenvalue weighted by molar-refractivity contribution is -0.147. The number of carbonyl (C=O) groups is 1. The summed E-state index contributed by atoms with van der Waals surface area (Å²) >= 11 is 0. The van der Waals surface area contributed by atoms with E-state index in [-0.39, 0.29) is 17.4 Å². The highest BCUT2D eigenvalue weighted by Crippen LogP contribution is 2.57. The average Bonchev–Trinajstić information content (AvgIpc) is 3.01. The normalized spacial score (nSPS) is 30.3. The number of hydrogen-bond acceptors (Lipinski definition) is 3. The quantitative estimate of drug-likeness (QED) is 0.620. The monoisotopic (exact) mass is 336 g/mol. The largest absolute Gasteiger partial charge is 0.467 e. The molecule has 2 aromatic rings. The minimum atomic E-state index is -0.238. The molecular formula is C21H24N2O2. The molecule has 4 nitrogen and oxygen atoms in total. The van der Waals surface area contributed by atoms with Crippen LogP contribution < -0.4 is 0 Å². The molecule has 0 saturated carbocycles. The van der Waals surface area contributed by atoms with Crippen LogP contribution in [0.4, 0.5) is 0 Å². The first kappa shape index (κ1) is 15.2. The van der Waals surface area contributed by atoms with Gasteiger partial charge in [0.05, 0.1) is 13.2 Å². The molecule has 0 bridgehead atoms. The third-order valence-corrected chi connectivity index (χ3v) is 6.68. The zero-order valence-corrected chi connectivity index (χ0v) is 14.9. The van der Waals surface area contributed by atoms with Gasteiger partial charge in [0.25, 0.3) is 0 Å². The standard InChI is InChI=1S/C21H24N2O2/c1-3-21-10-6-11-22-12-9-15-14-7-4-5-8-16(14)23(18(15)19(21)22)17(13-21)20(24)25-2/h4-8,10,17,19H,3,9,11-13H2,1-2H3/t17-,19-,21-/m1/s1. The summed E-state index contributed by atoms with van der Waals surface area (Å²) < 4.78 is 7.53. The lowest BCUT2D eigenvalue weighted by atomic mass is 9.65. The summed E-state index contributed by atoms with van der Waals surface area (Å²) in [5.41, 5.74) is 4.01. The molecule has 130 valence electrons. The third-order valence-electron chi connectivity index (χ3n) is 6.68. The van der Waals surface area contributed by atoms with Crippen LogP contribution in [0.3, 0.4) is 0 Å². The first-order valence-electron chi connectivity index (χ1n) is 9.31. The van der Waals surface area contributed by atoms with Crippen molar-refractivity contribution >= 4 is 16.9 Å². The van der Waals surface area contributed by atoms with E-state index in [4.69, 9.17) is 4.74 Å². The van der Waals surface area contributed by atoms with E-state index in [0.717, 1.165) is 32.4 Å². The van der Waals surface area contributed by atoms with Gasteiger partial charge in [0.2, 0.25) is 0 Å². The number of carbonyl (C=O) groups excluding carboxylic acids is 1. The van der Waals surface area contributed by atoms with Crippen LogP contribution >= 0.6 is 0 Å². The van der Waals surface area contributed by atoms with Crippen molar-refractivity contribution in [1.29, 1.82) is 0 Å². The number of aromatic nitrogens is 1. The summed E-state index contributed by atoms with van der Waals surface area (Å²) in [6.45, 7) is 4.37. The molecule has 0 saturated heterocycles. The highest BCUT2D eigenvalue weighted by Gasteiger charge is 2.53. The maximum absolute atomic E-state index is 12.7. The van der Waals surface area contributed by atoms with Crippen molar-refractivity contribution in [3.63, 3.8) is 0 Å². The first-order chi connectivity index (χ1) is 12.2. The van der Waals surface area contributed by atoms with Gasteiger partial charge in [-0.1, -0.05) is 37.3 Å². The van der Waals surface area contributed by atoms with E-state index in [0.29, 0.717) is 6.04 Å². The van der Waals surface area contributed by atoms with E-state index in [1.54, 1.807) is 0 Å². The van der Waals surface area contributed by atoms with Gasteiger partial charge in [-0.25, -0.2) is 4.79 Å². The number of nitrogens with zero attached hydrogens (tertiary/aromatic N) is 2. The van der Waals surface area contributed by atoms with Gasteiger partial charge in [0, 0.05) is 35.1 Å². The van der Waals surface area contributed by atoms with Crippen molar-refractivity contribution in [2.45, 2.75) is 38.3 Å². The second kappa shape index (κ2) is 5.21. The third kappa shape index (κ3) is 1.83. The summed E-state index contributed by atoms with van der Waals surface area (Å²) in [6, 6.07) is 8.69. The summed E-state index contributed by atoms with van der Waals surface area (Å²) in [6.07, 6.45) is 7.61. The molecule has 3 atom stereocenters. The molecule has 0 N–H and O–H groups in total. The van der Waals surface area contributed by atoms with Crippen LogP contribution in [0, 0.1) is 5.41 Å². The van der Waals surface area contributed by atoms with Gasteiger partial charge in [-0.05, 0) is 30.9 Å². The van der Waals surface area contributed by atoms with E-state index in [2.05, 4.69) is 52.8 Å². The van der Waals surface area contributed by atoms with Gasteiger partial charge in [-0.3, -0.25) is 4.90 Å². The van der Waals surface area contributed by atoms with Gasteiger partial charge in [-0.2, -0.15) is 0 Å². The van der Waals surface area contributed by atoms with Crippen molar-refractivity contribution in [2.24, 2.45) is 5.41 Å². The van der Waals surface area contributed by atoms with Gasteiger partial charge in [0.15, 0.2) is 0 Å². The Morgan fingerprint density at radius 3 is 3.00 bits per heavy atom. The molecule has 3 aliphatic rings. The smallest absolute Gasteiger partial charge is 0.328 e. The number of methoxy groups -OCH3 is 1. The van der Waals surface area contributed by atoms with Crippen LogP contribution in [0.25, 0.3) is 10.9 Å². The Balaban J connectivity index is 1.87. The fourth-order valence-corrected chi connectivity index (χ4v) is 5.56. The molecule has 0 radical (unpaired) electrons. The molecule has 1 aromatic heterocycles. The zero-order valence-electron chi connectivity index (χ0n) is 14.9. The van der Waals surface area contributed by atoms with Crippen LogP contribution in [0.2, 0.25) is 0 Å². The Morgan fingerprint density at radius 1 is 1.36 bits per heavy atom. The number of rotatable bonds is 2. The van der Waals surface area contributed by atoms with Crippen molar-refractivity contribution < 1.29 is 9.53 Å². The van der Waals surface area contributed by atoms with Crippen LogP contribution in [0.5, 0.6) is 0 Å². The van der Waals surface area contributed by atoms with E-state index in [1.807, 2.05) is 0 Å². The van der Waals surface area contributed by atoms with E-state index < -0.39 is 0 Å². The zero-order chi connectivity index (χ0) is 17.2. The van der Waals surface area contributed by atoms with Gasteiger partial charge in [0.1, 0.15) is 6.04 Å². The summed E-state index contributed by atoms with van der Waals surface area (Å²) in [7, 11) is 1.51. The van der Waals surface area contributed by atoms with Crippen LogP contribution in [-0.2, 0) is 16.0 Å². The highest BCUT2D eigenvalue weighted by atomic mass is 16.5. The Hall–Kier alpha value is -2.07. The number of hydrogen-bond donors (Lipinski definition) is 0. The van der Waals surface area contributed by atoms with Gasteiger partial charge < -0.3 is 9.30 Å². The lowest BCUT2D eigenvalue weighted by Gasteiger charge is -2.53. The van der Waals surface area contributed by atoms with Gasteiger partial charge >= 0.3 is 5.97 Å². The molecular weight excluding hydrogens is 312 g/mol. The van der Waals surface area contributed by atoms with E-state index >= 15 is 0 Å². The predicted octanol–water partition coefficient (Wildman–Crippen LogP) is 3.62. The summed E-state index contributed by atoms with van der Waals surface area (Å²) in [5, 5.41) is 1.31. The molecule has 0 amide bonds. The van der Waals surface area contributed by atoms with Crippen molar-refractivity contribution in [1.82, 2.24) is 9.47 Å². The highest BCUT2D eigenvalue weighted by molar-refractivity contribution is 5.89. The fourth-order valence-electron chi connectivity index (χ4n) is 5.56. The molecule has 0 unspecified atom stereocenters. The first-order valence-corrected chi connectivity index (χ1v) is 9.31. The molecule has 0 aliphatic carbocycles. The number of esters is 1. The lowest BCUT2D eigenvalue weighted by Crippen LogP contribution is -2.52. The molecule has 0 spiro atoms. The maximum Gasteiger partial charge on any atom is 0.328 e. The molecule has 4 heteroatoms. The van der Waals surface area contributed by atoms with Crippen LogP contribution in [0.1, 0.15) is 43.1 Å². The number of para-hydroxylation sites is 1. The topological polar surface area (TPSA) is 34.5 Å². The Kier molecular flexibility index (Phi) is 3.17. The SMILES string of the molecule is CC[C@@]12C=CCN3CCc4c(n(c5ccccc45)[C@@H](C(=O)OC)C1)[C@@H]32. The van der Waals surface area contributed by atoms with Crippen LogP contribution in [0.15, 0.2) is 36.4 Å². The van der Waals surface area contributed by atoms with Gasteiger partial charge in [-0.15, -0.1) is 0 Å². The Bertz CT molecular complexity index is 897. The minimum absolute atomic E-state index is 0.0245. The van der Waals surface area contributed by atoms with Crippen LogP contribution in [-0.4, -0.2) is 35.6 Å². The molecule has 1 aromatic carbocycles. The number of fused-ring (bicyclic) bond motifs is 3. The second-order valence-corrected chi connectivity index (χ2v) is 7.63. The van der Waals surface area contributed by atoms with Crippen molar-refractivity contribution in [2.75, 3.05) is 20.2 Å². The van der Waals surface area contributed by atoms with E-state index in [9.17, 15) is 4.79 Å². The fraction of sp³-hybridized carbons (Fsp3) is 0.476. The minimum Gasteiger partial charge on any atom is -0.467 e. The maximum atomic E-state index is 12.7. The summed E-state index contributed by atoms with van der Waals surface area (Å²) in [5.74, 6) is -0.120. The molecule has 5 rings (SSSR count). The molecule has 3 aliphatic heterocycles. The molecule has 0 fully saturated rings. The predicted molar refractivity (Wildman–Crippen MR) is 97.5 cm³/mol. The molecule has 4 heterocycles. The second-order valence-electron chi connectivity index (χ2n) is 7.63. The molecule has 25 heavy (non-hydrogen) atoms. The van der Waals surface area contributed by atoms with Crippen molar-refractivity contribution in [3.05, 3.63) is 47.7 Å². The summed E-state index contributed by atoms with van der Waals surface area (Å²) in [4.78, 5) is 15.3. The number of benzene rings is 1. The number of ether oxygens (including phenoxy) is 1. The Labute approximate surface area is 148 Å². The van der Waals surface area contributed by atoms with E-state index in [1.165, 1.54) is 29.3 Å². The van der Waals surface area contributed by atoms with Crippen molar-refractivity contribution in [3.8, 4) is 0 Å². The average molecular weight is 336 g/mol. The Morgan fingerprint density at radius 2 is 2.20 bits per heavy atom.